The predicted octanol–water partition coefficient (Wildman–Crippen LogP) is 1.32. The van der Waals surface area contributed by atoms with Crippen molar-refractivity contribution < 1.29 is 14.4 Å². The van der Waals surface area contributed by atoms with E-state index in [0.717, 1.165) is 11.3 Å². The van der Waals surface area contributed by atoms with Gasteiger partial charge in [-0.3, -0.25) is 4.79 Å². The third kappa shape index (κ3) is 2.32. The molecule has 0 spiro atoms. The van der Waals surface area contributed by atoms with Crippen LogP contribution in [0.5, 0.6) is 5.75 Å². The SMILES string of the molecule is Cc1noc(C)c1CNC(=O)c1ncccc1O. The fraction of sp³-hybridized carbons (Fsp3) is 0.250. The van der Waals surface area contributed by atoms with Gasteiger partial charge in [0.25, 0.3) is 5.91 Å². The summed E-state index contributed by atoms with van der Waals surface area (Å²) >= 11 is 0. The van der Waals surface area contributed by atoms with Crippen LogP contribution in [0.1, 0.15) is 27.5 Å². The van der Waals surface area contributed by atoms with Gasteiger partial charge >= 0.3 is 0 Å². The summed E-state index contributed by atoms with van der Waals surface area (Å²) in [4.78, 5) is 15.6. The third-order valence-electron chi connectivity index (χ3n) is 2.61. The Kier molecular flexibility index (Phi) is 3.27. The maximum atomic E-state index is 11.8. The van der Waals surface area contributed by atoms with Crippen LogP contribution in [0.2, 0.25) is 0 Å². The molecule has 0 unspecified atom stereocenters. The van der Waals surface area contributed by atoms with E-state index < -0.39 is 5.91 Å². The molecule has 0 aliphatic rings. The standard InChI is InChI=1S/C12H13N3O3/c1-7-9(8(2)18-15-7)6-14-12(17)11-10(16)4-3-5-13-11/h3-5,16H,6H2,1-2H3,(H,14,17). The van der Waals surface area contributed by atoms with E-state index in [1.165, 1.54) is 12.3 Å². The van der Waals surface area contributed by atoms with Gasteiger partial charge in [0.1, 0.15) is 11.5 Å². The average Bonchev–Trinajstić information content (AvgIpc) is 2.67. The van der Waals surface area contributed by atoms with Crippen molar-refractivity contribution in [2.45, 2.75) is 20.4 Å². The summed E-state index contributed by atoms with van der Waals surface area (Å²) in [6.45, 7) is 3.87. The van der Waals surface area contributed by atoms with Crippen LogP contribution in [-0.2, 0) is 6.54 Å². The molecular weight excluding hydrogens is 234 g/mol. The Morgan fingerprint density at radius 3 is 2.89 bits per heavy atom. The summed E-state index contributed by atoms with van der Waals surface area (Å²) in [5.41, 5.74) is 1.57. The monoisotopic (exact) mass is 247 g/mol. The van der Waals surface area contributed by atoms with Gasteiger partial charge < -0.3 is 14.9 Å². The Balaban J connectivity index is 2.08. The molecule has 1 amide bonds. The van der Waals surface area contributed by atoms with E-state index in [4.69, 9.17) is 4.52 Å². The van der Waals surface area contributed by atoms with Crippen LogP contribution in [0.3, 0.4) is 0 Å². The molecule has 2 aromatic rings. The normalized spacial score (nSPS) is 10.3. The van der Waals surface area contributed by atoms with E-state index >= 15 is 0 Å². The largest absolute Gasteiger partial charge is 0.505 e. The topological polar surface area (TPSA) is 88.3 Å². The summed E-state index contributed by atoms with van der Waals surface area (Å²) < 4.78 is 4.99. The van der Waals surface area contributed by atoms with E-state index in [1.807, 2.05) is 0 Å². The second kappa shape index (κ2) is 4.87. The lowest BCUT2D eigenvalue weighted by atomic mass is 10.2. The molecule has 18 heavy (non-hydrogen) atoms. The second-order valence-corrected chi connectivity index (χ2v) is 3.86. The molecule has 2 heterocycles. The van der Waals surface area contributed by atoms with E-state index in [1.54, 1.807) is 19.9 Å². The Bertz CT molecular complexity index is 558. The maximum absolute atomic E-state index is 11.8. The predicted molar refractivity (Wildman–Crippen MR) is 63.0 cm³/mol. The first-order chi connectivity index (χ1) is 8.59. The lowest BCUT2D eigenvalue weighted by Gasteiger charge is -2.05. The van der Waals surface area contributed by atoms with Gasteiger partial charge in [-0.1, -0.05) is 5.16 Å². The maximum Gasteiger partial charge on any atom is 0.274 e. The van der Waals surface area contributed by atoms with Crippen molar-refractivity contribution in [2.75, 3.05) is 0 Å². The molecule has 0 aromatic carbocycles. The molecule has 0 bridgehead atoms. The van der Waals surface area contributed by atoms with Gasteiger partial charge in [-0.05, 0) is 26.0 Å². The molecule has 0 radical (unpaired) electrons. The molecule has 2 N–H and O–H groups in total. The highest BCUT2D eigenvalue weighted by molar-refractivity contribution is 5.94. The molecule has 0 atom stereocenters. The molecule has 0 fully saturated rings. The van der Waals surface area contributed by atoms with E-state index in [0.29, 0.717) is 5.76 Å². The molecule has 6 heteroatoms. The van der Waals surface area contributed by atoms with E-state index in [9.17, 15) is 9.90 Å². The Morgan fingerprint density at radius 1 is 1.50 bits per heavy atom. The number of carbonyl (C=O) groups is 1. The highest BCUT2D eigenvalue weighted by Gasteiger charge is 2.14. The van der Waals surface area contributed by atoms with Crippen LogP contribution in [0.15, 0.2) is 22.9 Å². The minimum atomic E-state index is -0.437. The summed E-state index contributed by atoms with van der Waals surface area (Å²) in [6, 6.07) is 2.97. The number of aromatic nitrogens is 2. The number of amides is 1. The van der Waals surface area contributed by atoms with Crippen LogP contribution in [0.4, 0.5) is 0 Å². The number of rotatable bonds is 3. The number of nitrogens with zero attached hydrogens (tertiary/aromatic N) is 2. The van der Waals surface area contributed by atoms with Gasteiger partial charge in [0.05, 0.1) is 5.69 Å². The summed E-state index contributed by atoms with van der Waals surface area (Å²) in [6.07, 6.45) is 1.45. The number of carbonyl (C=O) groups excluding carboxylic acids is 1. The van der Waals surface area contributed by atoms with Crippen LogP contribution >= 0.6 is 0 Å². The molecule has 6 nitrogen and oxygen atoms in total. The van der Waals surface area contributed by atoms with Crippen LogP contribution in [0, 0.1) is 13.8 Å². The third-order valence-corrected chi connectivity index (χ3v) is 2.61. The van der Waals surface area contributed by atoms with Crippen LogP contribution in [0.25, 0.3) is 0 Å². The quantitative estimate of drug-likeness (QED) is 0.854. The number of hydrogen-bond donors (Lipinski definition) is 2. The first-order valence-electron chi connectivity index (χ1n) is 5.43. The average molecular weight is 247 g/mol. The minimum Gasteiger partial charge on any atom is -0.505 e. The lowest BCUT2D eigenvalue weighted by molar-refractivity contribution is 0.0943. The Labute approximate surface area is 104 Å². The number of nitrogens with one attached hydrogen (secondary N) is 1. The molecule has 0 aliphatic carbocycles. The molecule has 94 valence electrons. The highest BCUT2D eigenvalue weighted by atomic mass is 16.5. The van der Waals surface area contributed by atoms with Gasteiger partial charge in [-0.25, -0.2) is 4.98 Å². The van der Waals surface area contributed by atoms with Crippen molar-refractivity contribution in [2.24, 2.45) is 0 Å². The molecule has 0 saturated carbocycles. The fourth-order valence-electron chi connectivity index (χ4n) is 1.58. The van der Waals surface area contributed by atoms with Crippen molar-refractivity contribution in [1.29, 1.82) is 0 Å². The first-order valence-corrected chi connectivity index (χ1v) is 5.43. The molecule has 0 saturated heterocycles. The number of aromatic hydroxyl groups is 1. The van der Waals surface area contributed by atoms with Crippen molar-refractivity contribution in [1.82, 2.24) is 15.5 Å². The van der Waals surface area contributed by atoms with Gasteiger partial charge in [0.2, 0.25) is 0 Å². The highest BCUT2D eigenvalue weighted by Crippen LogP contribution is 2.14. The van der Waals surface area contributed by atoms with Crippen LogP contribution < -0.4 is 5.32 Å². The van der Waals surface area contributed by atoms with Gasteiger partial charge in [0.15, 0.2) is 5.69 Å². The Morgan fingerprint density at radius 2 is 2.28 bits per heavy atom. The van der Waals surface area contributed by atoms with E-state index in [2.05, 4.69) is 15.5 Å². The number of pyridine rings is 1. The summed E-state index contributed by atoms with van der Waals surface area (Å²) in [5, 5.41) is 15.9. The van der Waals surface area contributed by atoms with Gasteiger partial charge in [-0.15, -0.1) is 0 Å². The number of aryl methyl sites for hydroxylation is 2. The zero-order chi connectivity index (χ0) is 13.1. The molecular formula is C12H13N3O3. The van der Waals surface area contributed by atoms with Crippen molar-refractivity contribution in [3.8, 4) is 5.75 Å². The first kappa shape index (κ1) is 12.1. The fourth-order valence-corrected chi connectivity index (χ4v) is 1.58. The molecule has 2 aromatic heterocycles. The number of hydrogen-bond acceptors (Lipinski definition) is 5. The Hall–Kier alpha value is -2.37. The second-order valence-electron chi connectivity index (χ2n) is 3.86. The summed E-state index contributed by atoms with van der Waals surface area (Å²) in [5.74, 6) is 0.0832. The van der Waals surface area contributed by atoms with Crippen molar-refractivity contribution in [3.05, 3.63) is 41.0 Å². The van der Waals surface area contributed by atoms with Gasteiger partial charge in [-0.2, -0.15) is 0 Å². The zero-order valence-electron chi connectivity index (χ0n) is 10.1. The van der Waals surface area contributed by atoms with E-state index in [-0.39, 0.29) is 18.0 Å². The molecule has 0 aliphatic heterocycles. The zero-order valence-corrected chi connectivity index (χ0v) is 10.1. The lowest BCUT2D eigenvalue weighted by Crippen LogP contribution is -2.24. The van der Waals surface area contributed by atoms with Crippen LogP contribution in [-0.4, -0.2) is 21.2 Å². The van der Waals surface area contributed by atoms with Crippen molar-refractivity contribution >= 4 is 5.91 Å². The smallest absolute Gasteiger partial charge is 0.274 e. The van der Waals surface area contributed by atoms with Crippen molar-refractivity contribution in [3.63, 3.8) is 0 Å². The molecule has 2 rings (SSSR count). The minimum absolute atomic E-state index is 0.00394. The summed E-state index contributed by atoms with van der Waals surface area (Å²) in [7, 11) is 0. The van der Waals surface area contributed by atoms with Gasteiger partial charge in [0, 0.05) is 18.3 Å².